The van der Waals surface area contributed by atoms with Gasteiger partial charge in [0.1, 0.15) is 0 Å². The summed E-state index contributed by atoms with van der Waals surface area (Å²) in [7, 11) is 1.28. The number of carbonyl (C=O) groups excluding carboxylic acids is 2. The Balaban J connectivity index is 3.08. The molecule has 0 atom stereocenters. The van der Waals surface area contributed by atoms with Crippen LogP contribution >= 0.6 is 0 Å². The zero-order chi connectivity index (χ0) is 11.4. The summed E-state index contributed by atoms with van der Waals surface area (Å²) in [6, 6.07) is 4.58. The van der Waals surface area contributed by atoms with Crippen LogP contribution in [0.15, 0.2) is 18.2 Å². The second-order valence-corrected chi connectivity index (χ2v) is 3.07. The summed E-state index contributed by atoms with van der Waals surface area (Å²) in [6.07, 6.45) is 0.414. The van der Waals surface area contributed by atoms with E-state index in [0.717, 1.165) is 0 Å². The van der Waals surface area contributed by atoms with Gasteiger partial charge in [-0.1, -0.05) is 13.0 Å². The molecule has 1 aromatic carbocycles. The zero-order valence-corrected chi connectivity index (χ0v) is 8.74. The van der Waals surface area contributed by atoms with Crippen molar-refractivity contribution < 1.29 is 14.3 Å². The molecule has 2 N–H and O–H groups in total. The number of anilines is 1. The topological polar surface area (TPSA) is 69.4 Å². The minimum absolute atomic E-state index is 0.00174. The molecule has 0 unspecified atom stereocenters. The van der Waals surface area contributed by atoms with Crippen molar-refractivity contribution in [3.05, 3.63) is 29.3 Å². The van der Waals surface area contributed by atoms with Crippen LogP contribution in [0, 0.1) is 0 Å². The largest absolute Gasteiger partial charge is 0.465 e. The van der Waals surface area contributed by atoms with Crippen LogP contribution in [-0.2, 0) is 4.74 Å². The monoisotopic (exact) mass is 207 g/mol. The highest BCUT2D eigenvalue weighted by Gasteiger charge is 2.12. The van der Waals surface area contributed by atoms with Gasteiger partial charge in [-0.2, -0.15) is 0 Å². The van der Waals surface area contributed by atoms with Crippen molar-refractivity contribution in [3.8, 4) is 0 Å². The maximum absolute atomic E-state index is 11.3. The van der Waals surface area contributed by atoms with E-state index >= 15 is 0 Å². The number of hydrogen-bond donors (Lipinski definition) is 1. The van der Waals surface area contributed by atoms with Crippen LogP contribution in [0.2, 0.25) is 0 Å². The van der Waals surface area contributed by atoms with Gasteiger partial charge in [-0.3, -0.25) is 4.79 Å². The minimum Gasteiger partial charge on any atom is -0.465 e. The number of benzene rings is 1. The average molecular weight is 207 g/mol. The summed E-state index contributed by atoms with van der Waals surface area (Å²) in [6.45, 7) is 1.77. The maximum atomic E-state index is 11.3. The van der Waals surface area contributed by atoms with Crippen molar-refractivity contribution in [2.45, 2.75) is 13.3 Å². The molecule has 15 heavy (non-hydrogen) atoms. The van der Waals surface area contributed by atoms with Crippen LogP contribution in [0.1, 0.15) is 34.1 Å². The van der Waals surface area contributed by atoms with Gasteiger partial charge in [-0.15, -0.1) is 0 Å². The summed E-state index contributed by atoms with van der Waals surface area (Å²) in [5.74, 6) is -0.499. The van der Waals surface area contributed by atoms with Gasteiger partial charge in [-0.05, 0) is 12.1 Å². The van der Waals surface area contributed by atoms with E-state index in [1.54, 1.807) is 13.0 Å². The summed E-state index contributed by atoms with van der Waals surface area (Å²) < 4.78 is 4.54. The number of carbonyl (C=O) groups is 2. The van der Waals surface area contributed by atoms with Crippen LogP contribution in [-0.4, -0.2) is 18.9 Å². The Bertz CT molecular complexity index is 399. The van der Waals surface area contributed by atoms with Crippen molar-refractivity contribution in [3.63, 3.8) is 0 Å². The zero-order valence-electron chi connectivity index (χ0n) is 8.74. The quantitative estimate of drug-likeness (QED) is 0.464. The standard InChI is InChI=1S/C11H13NO3/c1-3-10(13)7-4-5-8(9(12)6-7)11(14)15-2/h4-6H,3,12H2,1-2H3. The number of hydrogen-bond acceptors (Lipinski definition) is 4. The molecule has 0 saturated heterocycles. The highest BCUT2D eigenvalue weighted by atomic mass is 16.5. The van der Waals surface area contributed by atoms with Crippen molar-refractivity contribution in [2.75, 3.05) is 12.8 Å². The second-order valence-electron chi connectivity index (χ2n) is 3.07. The third-order valence-electron chi connectivity index (χ3n) is 2.10. The molecule has 0 aliphatic rings. The van der Waals surface area contributed by atoms with E-state index in [4.69, 9.17) is 5.73 Å². The Hall–Kier alpha value is -1.84. The predicted molar refractivity (Wildman–Crippen MR) is 56.8 cm³/mol. The normalized spacial score (nSPS) is 9.73. The van der Waals surface area contributed by atoms with Gasteiger partial charge in [0.2, 0.25) is 0 Å². The summed E-state index contributed by atoms with van der Waals surface area (Å²) in [5.41, 5.74) is 6.70. The molecule has 0 fully saturated rings. The molecule has 0 aliphatic heterocycles. The van der Waals surface area contributed by atoms with Crippen molar-refractivity contribution in [1.29, 1.82) is 0 Å². The number of rotatable bonds is 3. The van der Waals surface area contributed by atoms with Crippen LogP contribution < -0.4 is 5.73 Å². The first-order valence-corrected chi connectivity index (χ1v) is 4.61. The lowest BCUT2D eigenvalue weighted by molar-refractivity contribution is 0.0601. The van der Waals surface area contributed by atoms with Gasteiger partial charge < -0.3 is 10.5 Å². The molecule has 1 aromatic rings. The molecule has 0 bridgehead atoms. The number of nitrogens with two attached hydrogens (primary N) is 1. The molecule has 4 nitrogen and oxygen atoms in total. The number of nitrogen functional groups attached to an aromatic ring is 1. The lowest BCUT2D eigenvalue weighted by Gasteiger charge is -2.05. The van der Waals surface area contributed by atoms with Gasteiger partial charge in [0.25, 0.3) is 0 Å². The molecule has 0 radical (unpaired) electrons. The predicted octanol–water partition coefficient (Wildman–Crippen LogP) is 1.65. The Kier molecular flexibility index (Phi) is 3.44. The molecule has 0 saturated carbocycles. The van der Waals surface area contributed by atoms with Crippen LogP contribution in [0.3, 0.4) is 0 Å². The summed E-state index contributed by atoms with van der Waals surface area (Å²) in [5, 5.41) is 0. The fourth-order valence-corrected chi connectivity index (χ4v) is 1.24. The summed E-state index contributed by atoms with van der Waals surface area (Å²) >= 11 is 0. The van der Waals surface area contributed by atoms with Crippen LogP contribution in [0.4, 0.5) is 5.69 Å². The molecule has 0 heterocycles. The molecule has 1 rings (SSSR count). The highest BCUT2D eigenvalue weighted by molar-refractivity contribution is 6.00. The number of ether oxygens (including phenoxy) is 1. The first-order chi connectivity index (χ1) is 7.10. The lowest BCUT2D eigenvalue weighted by Crippen LogP contribution is -2.07. The Morgan fingerprint density at radius 2 is 2.07 bits per heavy atom. The molecule has 0 aliphatic carbocycles. The van der Waals surface area contributed by atoms with E-state index in [1.807, 2.05) is 0 Å². The number of esters is 1. The first-order valence-electron chi connectivity index (χ1n) is 4.61. The molecular weight excluding hydrogens is 194 g/mol. The van der Waals surface area contributed by atoms with Gasteiger partial charge in [-0.25, -0.2) is 4.79 Å². The number of Topliss-reactive ketones (excluding diaryl/α,β-unsaturated/α-hetero) is 1. The molecule has 0 amide bonds. The summed E-state index contributed by atoms with van der Waals surface area (Å²) in [4.78, 5) is 22.5. The van der Waals surface area contributed by atoms with Gasteiger partial charge in [0.05, 0.1) is 12.7 Å². The molecule has 4 heteroatoms. The first kappa shape index (κ1) is 11.2. The Labute approximate surface area is 88.0 Å². The maximum Gasteiger partial charge on any atom is 0.339 e. The van der Waals surface area contributed by atoms with Crippen molar-refractivity contribution in [2.24, 2.45) is 0 Å². The third kappa shape index (κ3) is 2.34. The third-order valence-corrected chi connectivity index (χ3v) is 2.10. The van der Waals surface area contributed by atoms with Crippen molar-refractivity contribution >= 4 is 17.4 Å². The SMILES string of the molecule is CCC(=O)c1ccc(C(=O)OC)c(N)c1. The number of methoxy groups -OCH3 is 1. The molecular formula is C11H13NO3. The molecule has 80 valence electrons. The van der Waals surface area contributed by atoms with E-state index in [9.17, 15) is 9.59 Å². The van der Waals surface area contributed by atoms with Gasteiger partial charge in [0.15, 0.2) is 5.78 Å². The molecule has 0 spiro atoms. The van der Waals surface area contributed by atoms with Crippen molar-refractivity contribution in [1.82, 2.24) is 0 Å². The average Bonchev–Trinajstić information content (AvgIpc) is 2.26. The van der Waals surface area contributed by atoms with E-state index in [2.05, 4.69) is 4.74 Å². The smallest absolute Gasteiger partial charge is 0.339 e. The number of ketones is 1. The fourth-order valence-electron chi connectivity index (χ4n) is 1.24. The van der Waals surface area contributed by atoms with Crippen LogP contribution in [0.25, 0.3) is 0 Å². The fraction of sp³-hybridized carbons (Fsp3) is 0.273. The Morgan fingerprint density at radius 3 is 2.53 bits per heavy atom. The highest BCUT2D eigenvalue weighted by Crippen LogP contribution is 2.16. The Morgan fingerprint density at radius 1 is 1.40 bits per heavy atom. The van der Waals surface area contributed by atoms with Crippen LogP contribution in [0.5, 0.6) is 0 Å². The van der Waals surface area contributed by atoms with Gasteiger partial charge >= 0.3 is 5.97 Å². The van der Waals surface area contributed by atoms with E-state index in [1.165, 1.54) is 19.2 Å². The second kappa shape index (κ2) is 4.59. The van der Waals surface area contributed by atoms with E-state index in [0.29, 0.717) is 12.0 Å². The van der Waals surface area contributed by atoms with E-state index in [-0.39, 0.29) is 17.0 Å². The van der Waals surface area contributed by atoms with Gasteiger partial charge in [0, 0.05) is 17.7 Å². The lowest BCUT2D eigenvalue weighted by atomic mass is 10.0. The van der Waals surface area contributed by atoms with E-state index < -0.39 is 5.97 Å². The molecule has 0 aromatic heterocycles. The minimum atomic E-state index is -0.497.